The van der Waals surface area contributed by atoms with E-state index in [1.165, 1.54) is 0 Å². The van der Waals surface area contributed by atoms with Crippen molar-refractivity contribution in [3.63, 3.8) is 0 Å². The molecule has 0 heterocycles. The van der Waals surface area contributed by atoms with Gasteiger partial charge in [0.15, 0.2) is 11.6 Å². The number of fused-ring (bicyclic) bond motifs is 1. The molecule has 0 amide bonds. The van der Waals surface area contributed by atoms with E-state index in [2.05, 4.69) is 13.2 Å². The first kappa shape index (κ1) is 15.5. The zero-order valence-corrected chi connectivity index (χ0v) is 9.75. The van der Waals surface area contributed by atoms with Crippen molar-refractivity contribution in [2.24, 2.45) is 0 Å². The minimum atomic E-state index is -0.678. The summed E-state index contributed by atoms with van der Waals surface area (Å²) in [6.07, 6.45) is 3.42. The van der Waals surface area contributed by atoms with Crippen LogP contribution >= 0.6 is 0 Å². The molecule has 1 N–H and O–H groups in total. The number of rotatable bonds is 4. The fourth-order valence-electron chi connectivity index (χ4n) is 1.04. The molecule has 0 radical (unpaired) electrons. The Labute approximate surface area is 99.9 Å². The van der Waals surface area contributed by atoms with Crippen LogP contribution in [0.1, 0.15) is 0 Å². The molecule has 0 aromatic carbocycles. The second-order valence-corrected chi connectivity index (χ2v) is 2.90. The van der Waals surface area contributed by atoms with Crippen molar-refractivity contribution in [3.05, 3.63) is 49.1 Å². The monoisotopic (exact) mass is 242 g/mol. The van der Waals surface area contributed by atoms with E-state index < -0.39 is 11.6 Å². The summed E-state index contributed by atoms with van der Waals surface area (Å²) in [5.41, 5.74) is 0.894. The maximum atomic E-state index is 12.0. The number of aliphatic hydroxyl groups excluding tert-OH is 1. The van der Waals surface area contributed by atoms with Gasteiger partial charge in [0, 0.05) is 18.2 Å². The highest BCUT2D eigenvalue weighted by Crippen LogP contribution is 2.38. The molecule has 0 fully saturated rings. The molecule has 0 spiro atoms. The number of aliphatic hydroxyl groups is 1. The van der Waals surface area contributed by atoms with E-state index in [0.717, 1.165) is 7.11 Å². The molecule has 0 bridgehead atoms. The topological polar surface area (TPSA) is 29.5 Å². The third-order valence-corrected chi connectivity index (χ3v) is 1.84. The van der Waals surface area contributed by atoms with E-state index >= 15 is 0 Å². The van der Waals surface area contributed by atoms with Gasteiger partial charge in [-0.15, -0.1) is 13.2 Å². The first-order valence-electron chi connectivity index (χ1n) is 4.95. The maximum absolute atomic E-state index is 12.0. The van der Waals surface area contributed by atoms with E-state index in [9.17, 15) is 8.78 Å². The molecular weight excluding hydrogens is 226 g/mol. The summed E-state index contributed by atoms with van der Waals surface area (Å²) in [5, 5.41) is 7.00. The Bertz CT molecular complexity index is 341. The summed E-state index contributed by atoms with van der Waals surface area (Å²) >= 11 is 0. The Balaban J connectivity index is 0.000000267. The average Bonchev–Trinajstić information content (AvgIpc) is 2.32. The Kier molecular flexibility index (Phi) is 7.84. The first-order valence-corrected chi connectivity index (χ1v) is 4.95. The molecule has 0 saturated carbocycles. The summed E-state index contributed by atoms with van der Waals surface area (Å²) in [5.74, 6) is -1.36. The fraction of sp³-hybridized carbons (Fsp3) is 0.231. The van der Waals surface area contributed by atoms with Gasteiger partial charge in [0.2, 0.25) is 0 Å². The summed E-state index contributed by atoms with van der Waals surface area (Å²) < 4.78 is 28.9. The predicted molar refractivity (Wildman–Crippen MR) is 64.7 cm³/mol. The van der Waals surface area contributed by atoms with Crippen LogP contribution < -0.4 is 0 Å². The van der Waals surface area contributed by atoms with Crippen molar-refractivity contribution < 1.29 is 18.6 Å². The van der Waals surface area contributed by atoms with Gasteiger partial charge in [-0.1, -0.05) is 24.3 Å². The Hall–Kier alpha value is -1.52. The van der Waals surface area contributed by atoms with Crippen molar-refractivity contribution >= 4 is 0 Å². The smallest absolute Gasteiger partial charge is 0.167 e. The van der Waals surface area contributed by atoms with E-state index in [0.29, 0.717) is 24.3 Å². The van der Waals surface area contributed by atoms with Gasteiger partial charge in [-0.05, 0) is 0 Å². The van der Waals surface area contributed by atoms with Crippen LogP contribution in [0.5, 0.6) is 0 Å². The Morgan fingerprint density at radius 2 is 1.41 bits per heavy atom. The molecule has 2 aliphatic carbocycles. The van der Waals surface area contributed by atoms with Crippen LogP contribution in [-0.4, -0.2) is 25.4 Å². The summed E-state index contributed by atoms with van der Waals surface area (Å²) in [7, 11) is 1.00. The molecule has 94 valence electrons. The Morgan fingerprint density at radius 1 is 1.06 bits per heavy atom. The summed E-state index contributed by atoms with van der Waals surface area (Å²) in [6, 6.07) is 3.13. The van der Waals surface area contributed by atoms with Gasteiger partial charge >= 0.3 is 0 Å². The minimum absolute atomic E-state index is 0.447. The van der Waals surface area contributed by atoms with Crippen LogP contribution in [0.4, 0.5) is 8.78 Å². The molecule has 0 aromatic rings. The van der Waals surface area contributed by atoms with Gasteiger partial charge in [-0.2, -0.15) is 0 Å². The number of halogens is 2. The van der Waals surface area contributed by atoms with E-state index in [1.807, 2.05) is 0 Å². The van der Waals surface area contributed by atoms with Gasteiger partial charge in [0.25, 0.3) is 0 Å². The van der Waals surface area contributed by atoms with Gasteiger partial charge in [0.05, 0.1) is 13.2 Å². The standard InChI is InChI=1S/C6H2F2.C6H10O.CH4O/c7-5-3-1-2-4(3)6(5)8;1-3-5-7-6-4-2;1-2/h1-2H;3-4H,1-2,5-6H2;2H,1H3. The van der Waals surface area contributed by atoms with Gasteiger partial charge in [-0.25, -0.2) is 8.78 Å². The normalized spacial score (nSPS) is 9.18. The molecular formula is C13H16F2O2. The zero-order valence-electron chi connectivity index (χ0n) is 9.75. The van der Waals surface area contributed by atoms with Gasteiger partial charge in [-0.3, -0.25) is 0 Å². The third-order valence-electron chi connectivity index (χ3n) is 1.84. The van der Waals surface area contributed by atoms with Gasteiger partial charge < -0.3 is 9.84 Å². The number of benzene rings is 1. The van der Waals surface area contributed by atoms with Crippen molar-refractivity contribution in [3.8, 4) is 11.1 Å². The minimum Gasteiger partial charge on any atom is -0.400 e. The van der Waals surface area contributed by atoms with Crippen molar-refractivity contribution in [2.45, 2.75) is 0 Å². The van der Waals surface area contributed by atoms with Crippen molar-refractivity contribution in [2.75, 3.05) is 20.3 Å². The van der Waals surface area contributed by atoms with E-state index in [1.54, 1.807) is 24.3 Å². The van der Waals surface area contributed by atoms with Gasteiger partial charge in [0.1, 0.15) is 0 Å². The second kappa shape index (κ2) is 8.61. The SMILES string of the molecule is C=CCOCC=C.CO.Fc1c2ccc-2c1F. The third kappa shape index (κ3) is 4.09. The summed E-state index contributed by atoms with van der Waals surface area (Å²) in [6.45, 7) is 8.18. The molecule has 0 atom stereocenters. The number of hydrogen-bond donors (Lipinski definition) is 1. The van der Waals surface area contributed by atoms with Crippen LogP contribution in [0.25, 0.3) is 11.1 Å². The molecule has 0 aromatic heterocycles. The molecule has 4 heteroatoms. The van der Waals surface area contributed by atoms with Crippen LogP contribution in [-0.2, 0) is 4.74 Å². The summed E-state index contributed by atoms with van der Waals surface area (Å²) in [4.78, 5) is 0. The van der Waals surface area contributed by atoms with Crippen molar-refractivity contribution in [1.29, 1.82) is 0 Å². The quantitative estimate of drug-likeness (QED) is 0.659. The molecule has 2 aliphatic rings. The Morgan fingerprint density at radius 3 is 1.59 bits per heavy atom. The number of ether oxygens (including phenoxy) is 1. The predicted octanol–water partition coefficient (Wildman–Crippen LogP) is 2.93. The molecule has 0 aliphatic heterocycles. The lowest BCUT2D eigenvalue weighted by Crippen LogP contribution is -2.03. The second-order valence-electron chi connectivity index (χ2n) is 2.90. The molecule has 2 nitrogen and oxygen atoms in total. The largest absolute Gasteiger partial charge is 0.400 e. The zero-order chi connectivity index (χ0) is 13.3. The van der Waals surface area contributed by atoms with E-state index in [-0.39, 0.29) is 0 Å². The number of hydrogen-bond acceptors (Lipinski definition) is 2. The van der Waals surface area contributed by atoms with Crippen LogP contribution in [0.3, 0.4) is 0 Å². The molecule has 0 unspecified atom stereocenters. The fourth-order valence-corrected chi connectivity index (χ4v) is 1.04. The van der Waals surface area contributed by atoms with Crippen LogP contribution in [0.15, 0.2) is 37.4 Å². The lowest BCUT2D eigenvalue weighted by Gasteiger charge is -2.16. The van der Waals surface area contributed by atoms with E-state index in [4.69, 9.17) is 9.84 Å². The molecule has 17 heavy (non-hydrogen) atoms. The average molecular weight is 242 g/mol. The highest BCUT2D eigenvalue weighted by atomic mass is 19.2. The maximum Gasteiger partial charge on any atom is 0.167 e. The molecule has 2 rings (SSSR count). The molecule has 0 saturated heterocycles. The van der Waals surface area contributed by atoms with Crippen LogP contribution in [0.2, 0.25) is 0 Å². The van der Waals surface area contributed by atoms with Crippen LogP contribution in [0, 0.1) is 11.6 Å². The van der Waals surface area contributed by atoms with Crippen molar-refractivity contribution in [1.82, 2.24) is 0 Å². The first-order chi connectivity index (χ1) is 8.22. The highest BCUT2D eigenvalue weighted by Gasteiger charge is 2.25. The highest BCUT2D eigenvalue weighted by molar-refractivity contribution is 5.77. The lowest BCUT2D eigenvalue weighted by molar-refractivity contribution is 0.194. The lowest BCUT2D eigenvalue weighted by atomic mass is 9.92.